The molecule has 1 aliphatic heterocycles. The standard InChI is InChI=1S/C31H33N7O/c1-22-15-27(7-6-25(22)21-37-13-11-36(2)12-14-37)34-31(39)26-16-24(18-32-19-26)5-9-29-20-33-30-10-8-28(35-38(29)30)17-23-3-4-23/h6-8,10,15-16,18-20,23H,3-4,11-14,17,21H2,1-2H3,(H,34,39). The number of nitrogens with one attached hydrogen (secondary N) is 1. The molecule has 8 nitrogen and oxygen atoms in total. The van der Waals surface area contributed by atoms with Gasteiger partial charge in [0.05, 0.1) is 17.5 Å². The van der Waals surface area contributed by atoms with Crippen molar-refractivity contribution in [2.24, 2.45) is 5.92 Å². The van der Waals surface area contributed by atoms with Crippen molar-refractivity contribution in [2.75, 3.05) is 38.5 Å². The van der Waals surface area contributed by atoms with E-state index in [-0.39, 0.29) is 5.91 Å². The summed E-state index contributed by atoms with van der Waals surface area (Å²) in [5.41, 5.74) is 6.90. The lowest BCUT2D eigenvalue weighted by atomic mass is 10.1. The van der Waals surface area contributed by atoms with E-state index < -0.39 is 0 Å². The fraction of sp³-hybridized carbons (Fsp3) is 0.355. The van der Waals surface area contributed by atoms with E-state index in [9.17, 15) is 4.79 Å². The summed E-state index contributed by atoms with van der Waals surface area (Å²) in [5.74, 6) is 6.83. The van der Waals surface area contributed by atoms with Gasteiger partial charge in [0.15, 0.2) is 5.65 Å². The zero-order valence-electron chi connectivity index (χ0n) is 22.5. The topological polar surface area (TPSA) is 78.7 Å². The van der Waals surface area contributed by atoms with Crippen molar-refractivity contribution < 1.29 is 4.79 Å². The van der Waals surface area contributed by atoms with Crippen molar-refractivity contribution in [3.05, 3.63) is 88.6 Å². The highest BCUT2D eigenvalue weighted by atomic mass is 16.1. The van der Waals surface area contributed by atoms with E-state index in [2.05, 4.69) is 57.0 Å². The van der Waals surface area contributed by atoms with E-state index in [1.165, 1.54) is 24.0 Å². The van der Waals surface area contributed by atoms with Crippen molar-refractivity contribution in [3.8, 4) is 11.8 Å². The number of fused-ring (bicyclic) bond motifs is 1. The number of hydrogen-bond acceptors (Lipinski definition) is 6. The van der Waals surface area contributed by atoms with Crippen LogP contribution in [-0.2, 0) is 13.0 Å². The van der Waals surface area contributed by atoms with Crippen LogP contribution in [0.5, 0.6) is 0 Å². The number of amides is 1. The van der Waals surface area contributed by atoms with Crippen LogP contribution < -0.4 is 5.32 Å². The van der Waals surface area contributed by atoms with Crippen LogP contribution in [0.25, 0.3) is 5.65 Å². The van der Waals surface area contributed by atoms with Gasteiger partial charge in [0, 0.05) is 56.4 Å². The van der Waals surface area contributed by atoms with Gasteiger partial charge < -0.3 is 10.2 Å². The highest BCUT2D eigenvalue weighted by Crippen LogP contribution is 2.32. The molecule has 198 valence electrons. The van der Waals surface area contributed by atoms with E-state index in [0.717, 1.165) is 62.1 Å². The number of nitrogens with zero attached hydrogens (tertiary/aromatic N) is 6. The molecule has 0 atom stereocenters. The van der Waals surface area contributed by atoms with Crippen molar-refractivity contribution in [3.63, 3.8) is 0 Å². The van der Waals surface area contributed by atoms with Gasteiger partial charge in [0.1, 0.15) is 5.69 Å². The number of hydrogen-bond donors (Lipinski definition) is 1. The van der Waals surface area contributed by atoms with Crippen molar-refractivity contribution in [2.45, 2.75) is 32.7 Å². The van der Waals surface area contributed by atoms with Crippen LogP contribution in [0.15, 0.2) is 55.0 Å². The number of piperazine rings is 1. The van der Waals surface area contributed by atoms with Crippen molar-refractivity contribution in [1.29, 1.82) is 0 Å². The molecule has 8 heteroatoms. The first kappa shape index (κ1) is 25.2. The number of carbonyl (C=O) groups is 1. The van der Waals surface area contributed by atoms with Crippen LogP contribution in [0.3, 0.4) is 0 Å². The maximum atomic E-state index is 13.0. The summed E-state index contributed by atoms with van der Waals surface area (Å²) < 4.78 is 1.80. The molecule has 0 radical (unpaired) electrons. The normalized spacial score (nSPS) is 16.2. The summed E-state index contributed by atoms with van der Waals surface area (Å²) in [6, 6.07) is 11.9. The first-order chi connectivity index (χ1) is 19.0. The van der Waals surface area contributed by atoms with Gasteiger partial charge in [-0.15, -0.1) is 0 Å². The molecule has 1 aromatic carbocycles. The number of rotatable bonds is 6. The van der Waals surface area contributed by atoms with Crippen molar-refractivity contribution in [1.82, 2.24) is 29.4 Å². The van der Waals surface area contributed by atoms with E-state index in [1.807, 2.05) is 24.3 Å². The van der Waals surface area contributed by atoms with Crippen LogP contribution >= 0.6 is 0 Å². The van der Waals surface area contributed by atoms with Gasteiger partial charge >= 0.3 is 0 Å². The molecule has 1 N–H and O–H groups in total. The molecule has 1 aliphatic carbocycles. The molecule has 0 unspecified atom stereocenters. The Hall–Kier alpha value is -4.06. The van der Waals surface area contributed by atoms with Gasteiger partial charge in [-0.05, 0) is 86.5 Å². The SMILES string of the molecule is Cc1cc(NC(=O)c2cncc(C#Cc3cnc4ccc(CC5CC5)nn34)c2)ccc1CN1CCN(C)CC1. The average Bonchev–Trinajstić information content (AvgIpc) is 3.67. The average molecular weight is 520 g/mol. The Kier molecular flexibility index (Phi) is 7.10. The number of pyridine rings is 1. The predicted octanol–water partition coefficient (Wildman–Crippen LogP) is 3.78. The molecule has 4 aromatic rings. The Morgan fingerprint density at radius 3 is 2.67 bits per heavy atom. The molecule has 1 saturated heterocycles. The summed E-state index contributed by atoms with van der Waals surface area (Å²) in [6.07, 6.45) is 8.53. The fourth-order valence-electron chi connectivity index (χ4n) is 4.89. The molecule has 1 amide bonds. The Morgan fingerprint density at radius 2 is 1.87 bits per heavy atom. The quantitative estimate of drug-likeness (QED) is 0.391. The molecular weight excluding hydrogens is 486 g/mol. The third kappa shape index (κ3) is 6.17. The van der Waals surface area contributed by atoms with E-state index in [1.54, 1.807) is 29.2 Å². The Labute approximate surface area is 229 Å². The molecule has 4 heterocycles. The van der Waals surface area contributed by atoms with Crippen LogP contribution in [0.1, 0.15) is 51.3 Å². The maximum Gasteiger partial charge on any atom is 0.257 e. The van der Waals surface area contributed by atoms with E-state index in [4.69, 9.17) is 5.10 Å². The van der Waals surface area contributed by atoms with Gasteiger partial charge in [0.25, 0.3) is 5.91 Å². The second-order valence-electron chi connectivity index (χ2n) is 10.8. The third-order valence-corrected chi connectivity index (χ3v) is 7.54. The number of aryl methyl sites for hydroxylation is 1. The molecular formula is C31H33N7O. The summed E-state index contributed by atoms with van der Waals surface area (Å²) in [4.78, 5) is 26.5. The van der Waals surface area contributed by atoms with Crippen LogP contribution in [0.4, 0.5) is 5.69 Å². The molecule has 3 aromatic heterocycles. The molecule has 6 rings (SSSR count). The largest absolute Gasteiger partial charge is 0.322 e. The molecule has 0 spiro atoms. The highest BCUT2D eigenvalue weighted by molar-refractivity contribution is 6.04. The van der Waals surface area contributed by atoms with Gasteiger partial charge in [-0.25, -0.2) is 9.50 Å². The molecule has 2 fully saturated rings. The lowest BCUT2D eigenvalue weighted by molar-refractivity contribution is 0.102. The van der Waals surface area contributed by atoms with Gasteiger partial charge in [0.2, 0.25) is 0 Å². The minimum Gasteiger partial charge on any atom is -0.322 e. The number of imidazole rings is 1. The second-order valence-corrected chi connectivity index (χ2v) is 10.8. The smallest absolute Gasteiger partial charge is 0.257 e. The number of anilines is 1. The third-order valence-electron chi connectivity index (χ3n) is 7.54. The van der Waals surface area contributed by atoms with Crippen molar-refractivity contribution >= 4 is 17.2 Å². The predicted molar refractivity (Wildman–Crippen MR) is 152 cm³/mol. The summed E-state index contributed by atoms with van der Waals surface area (Å²) >= 11 is 0. The first-order valence-corrected chi connectivity index (χ1v) is 13.6. The number of carbonyl (C=O) groups excluding carboxylic acids is 1. The lowest BCUT2D eigenvalue weighted by Crippen LogP contribution is -2.43. The Morgan fingerprint density at radius 1 is 1.03 bits per heavy atom. The minimum atomic E-state index is -0.210. The van der Waals surface area contributed by atoms with Crippen LogP contribution in [0.2, 0.25) is 0 Å². The van der Waals surface area contributed by atoms with Crippen LogP contribution in [0, 0.1) is 24.7 Å². The zero-order chi connectivity index (χ0) is 26.8. The van der Waals surface area contributed by atoms with E-state index >= 15 is 0 Å². The van der Waals surface area contributed by atoms with Gasteiger partial charge in [-0.2, -0.15) is 5.10 Å². The monoisotopic (exact) mass is 519 g/mol. The zero-order valence-corrected chi connectivity index (χ0v) is 22.5. The Balaban J connectivity index is 1.13. The second kappa shape index (κ2) is 11.0. The summed E-state index contributed by atoms with van der Waals surface area (Å²) in [5, 5.41) is 7.75. The summed E-state index contributed by atoms with van der Waals surface area (Å²) in [7, 11) is 2.17. The lowest BCUT2D eigenvalue weighted by Gasteiger charge is -2.32. The van der Waals surface area contributed by atoms with Gasteiger partial charge in [-0.1, -0.05) is 12.0 Å². The fourth-order valence-corrected chi connectivity index (χ4v) is 4.89. The number of likely N-dealkylation sites (N-methyl/N-ethyl adjacent to an activating group) is 1. The molecule has 1 saturated carbocycles. The first-order valence-electron chi connectivity index (χ1n) is 13.6. The molecule has 0 bridgehead atoms. The van der Waals surface area contributed by atoms with Crippen LogP contribution in [-0.4, -0.2) is 68.5 Å². The molecule has 39 heavy (non-hydrogen) atoms. The maximum absolute atomic E-state index is 13.0. The van der Waals surface area contributed by atoms with E-state index in [0.29, 0.717) is 16.8 Å². The minimum absolute atomic E-state index is 0.210. The number of benzene rings is 1. The van der Waals surface area contributed by atoms with Gasteiger partial charge in [-0.3, -0.25) is 14.7 Å². The highest BCUT2D eigenvalue weighted by Gasteiger charge is 2.22. The summed E-state index contributed by atoms with van der Waals surface area (Å²) in [6.45, 7) is 7.39. The Bertz CT molecular complexity index is 1570. The number of aromatic nitrogens is 4. The molecule has 2 aliphatic rings.